The van der Waals surface area contributed by atoms with Crippen molar-refractivity contribution in [2.45, 2.75) is 45.7 Å². The molecule has 6 nitrogen and oxygen atoms in total. The van der Waals surface area contributed by atoms with Crippen molar-refractivity contribution in [3.63, 3.8) is 0 Å². The van der Waals surface area contributed by atoms with Gasteiger partial charge in [0.25, 0.3) is 0 Å². The minimum Gasteiger partial charge on any atom is -0.357 e. The third kappa shape index (κ3) is 6.31. The van der Waals surface area contributed by atoms with Gasteiger partial charge in [0.1, 0.15) is 10.8 Å². The lowest BCUT2D eigenvalue weighted by molar-refractivity contribution is 0.783. The molecule has 148 valence electrons. The number of guanidine groups is 1. The lowest BCUT2D eigenvalue weighted by Crippen LogP contribution is -2.36. The predicted molar refractivity (Wildman–Crippen MR) is 124 cm³/mol. The molecule has 8 heteroatoms. The molecule has 0 spiro atoms. The topological polar surface area (TPSA) is 65.4 Å². The zero-order chi connectivity index (χ0) is 18.4. The Hall–Kier alpha value is -1.42. The van der Waals surface area contributed by atoms with E-state index in [-0.39, 0.29) is 24.0 Å². The summed E-state index contributed by atoms with van der Waals surface area (Å²) < 4.78 is 0. The summed E-state index contributed by atoms with van der Waals surface area (Å²) in [4.78, 5) is 15.9. The second-order valence-electron chi connectivity index (χ2n) is 6.82. The molecule has 1 aliphatic rings. The van der Waals surface area contributed by atoms with E-state index in [1.165, 1.54) is 12.8 Å². The zero-order valence-electron chi connectivity index (χ0n) is 16.2. The first-order valence-corrected chi connectivity index (χ1v) is 10.1. The number of rotatable bonds is 6. The molecule has 0 saturated carbocycles. The number of aromatic nitrogens is 2. The molecule has 0 amide bonds. The van der Waals surface area contributed by atoms with Crippen LogP contribution in [-0.2, 0) is 13.1 Å². The molecule has 1 saturated heterocycles. The molecule has 0 unspecified atom stereocenters. The summed E-state index contributed by atoms with van der Waals surface area (Å²) in [7, 11) is 1.78. The number of hydrogen-bond donors (Lipinski definition) is 2. The highest BCUT2D eigenvalue weighted by molar-refractivity contribution is 14.0. The van der Waals surface area contributed by atoms with Crippen molar-refractivity contribution < 1.29 is 0 Å². The number of aliphatic imine (C=N–C) groups is 1. The minimum atomic E-state index is 0. The first-order valence-electron chi connectivity index (χ1n) is 9.24. The Bertz CT molecular complexity index is 722. The van der Waals surface area contributed by atoms with Gasteiger partial charge in [0.05, 0.1) is 12.2 Å². The number of nitrogens with zero attached hydrogens (tertiary/aromatic N) is 4. The van der Waals surface area contributed by atoms with E-state index in [2.05, 4.69) is 61.9 Å². The molecular formula is C19H29IN6S. The summed E-state index contributed by atoms with van der Waals surface area (Å²) in [5.41, 5.74) is 2.30. The average Bonchev–Trinajstić information content (AvgIpc) is 3.34. The fraction of sp³-hybridized carbons (Fsp3) is 0.526. The summed E-state index contributed by atoms with van der Waals surface area (Å²) in [5, 5.41) is 9.87. The van der Waals surface area contributed by atoms with Gasteiger partial charge in [0.2, 0.25) is 0 Å². The van der Waals surface area contributed by atoms with Crippen molar-refractivity contribution >= 4 is 47.1 Å². The molecular weight excluding hydrogens is 471 g/mol. The lowest BCUT2D eigenvalue weighted by Gasteiger charge is -2.16. The lowest BCUT2D eigenvalue weighted by atomic mass is 10.2. The van der Waals surface area contributed by atoms with Crippen LogP contribution < -0.4 is 15.5 Å². The van der Waals surface area contributed by atoms with Crippen LogP contribution in [0, 0.1) is 0 Å². The Morgan fingerprint density at radius 3 is 2.56 bits per heavy atom. The maximum atomic E-state index is 4.64. The molecule has 0 aromatic carbocycles. The standard InChI is InChI=1S/C19H28N6S.HI/c1-14(2)16-13-26-18(24-16)12-23-19(20-3)22-11-15-6-7-17(21-10-15)25-8-4-5-9-25;/h6-7,10,13-14H,4-5,8-9,11-12H2,1-3H3,(H2,20,22,23);1H. The Balaban J connectivity index is 0.00000261. The molecule has 0 bridgehead atoms. The summed E-state index contributed by atoms with van der Waals surface area (Å²) in [6.07, 6.45) is 4.49. The summed E-state index contributed by atoms with van der Waals surface area (Å²) in [6.45, 7) is 7.95. The third-order valence-electron chi connectivity index (χ3n) is 4.49. The van der Waals surface area contributed by atoms with Crippen molar-refractivity contribution in [1.29, 1.82) is 0 Å². The van der Waals surface area contributed by atoms with Gasteiger partial charge in [-0.2, -0.15) is 0 Å². The van der Waals surface area contributed by atoms with E-state index in [0.717, 1.165) is 41.1 Å². The van der Waals surface area contributed by atoms with Gasteiger partial charge in [-0.05, 0) is 30.4 Å². The first kappa shape index (κ1) is 21.9. The van der Waals surface area contributed by atoms with Crippen LogP contribution in [0.3, 0.4) is 0 Å². The van der Waals surface area contributed by atoms with Gasteiger partial charge in [0.15, 0.2) is 5.96 Å². The molecule has 0 radical (unpaired) electrons. The fourth-order valence-electron chi connectivity index (χ4n) is 2.89. The van der Waals surface area contributed by atoms with Crippen LogP contribution in [0.4, 0.5) is 5.82 Å². The Morgan fingerprint density at radius 1 is 1.22 bits per heavy atom. The number of halogens is 1. The molecule has 1 fully saturated rings. The quantitative estimate of drug-likeness (QED) is 0.360. The third-order valence-corrected chi connectivity index (χ3v) is 5.36. The maximum Gasteiger partial charge on any atom is 0.191 e. The van der Waals surface area contributed by atoms with Crippen molar-refractivity contribution in [2.24, 2.45) is 4.99 Å². The molecule has 3 heterocycles. The average molecular weight is 500 g/mol. The Kier molecular flexibility index (Phi) is 8.75. The SMILES string of the molecule is CN=C(NCc1ccc(N2CCCC2)nc1)NCc1nc(C(C)C)cs1.I. The van der Waals surface area contributed by atoms with Crippen LogP contribution in [0.2, 0.25) is 0 Å². The molecule has 2 aromatic heterocycles. The second-order valence-corrected chi connectivity index (χ2v) is 7.76. The van der Waals surface area contributed by atoms with Gasteiger partial charge in [-0.15, -0.1) is 35.3 Å². The summed E-state index contributed by atoms with van der Waals surface area (Å²) >= 11 is 1.69. The molecule has 0 aliphatic carbocycles. The van der Waals surface area contributed by atoms with Crippen LogP contribution >= 0.6 is 35.3 Å². The van der Waals surface area contributed by atoms with E-state index in [1.54, 1.807) is 18.4 Å². The van der Waals surface area contributed by atoms with Crippen LogP contribution in [0.25, 0.3) is 0 Å². The highest BCUT2D eigenvalue weighted by Gasteiger charge is 2.13. The monoisotopic (exact) mass is 500 g/mol. The minimum absolute atomic E-state index is 0. The highest BCUT2D eigenvalue weighted by atomic mass is 127. The number of anilines is 1. The van der Waals surface area contributed by atoms with E-state index < -0.39 is 0 Å². The van der Waals surface area contributed by atoms with Gasteiger partial charge in [-0.3, -0.25) is 4.99 Å². The number of pyridine rings is 1. The van der Waals surface area contributed by atoms with Gasteiger partial charge >= 0.3 is 0 Å². The van der Waals surface area contributed by atoms with Crippen molar-refractivity contribution in [2.75, 3.05) is 25.0 Å². The molecule has 27 heavy (non-hydrogen) atoms. The van der Waals surface area contributed by atoms with E-state index in [4.69, 9.17) is 0 Å². The summed E-state index contributed by atoms with van der Waals surface area (Å²) in [6, 6.07) is 4.25. The molecule has 3 rings (SSSR count). The zero-order valence-corrected chi connectivity index (χ0v) is 19.4. The van der Waals surface area contributed by atoms with E-state index in [9.17, 15) is 0 Å². The predicted octanol–water partition coefficient (Wildman–Crippen LogP) is 3.74. The van der Waals surface area contributed by atoms with Crippen LogP contribution in [-0.4, -0.2) is 36.1 Å². The van der Waals surface area contributed by atoms with E-state index in [1.807, 2.05) is 6.20 Å². The number of hydrogen-bond acceptors (Lipinski definition) is 5. The maximum absolute atomic E-state index is 4.64. The fourth-order valence-corrected chi connectivity index (χ4v) is 3.79. The first-order chi connectivity index (χ1) is 12.7. The largest absolute Gasteiger partial charge is 0.357 e. The Morgan fingerprint density at radius 2 is 1.96 bits per heavy atom. The van der Waals surface area contributed by atoms with Crippen molar-refractivity contribution in [3.05, 3.63) is 40.0 Å². The van der Waals surface area contributed by atoms with Crippen molar-refractivity contribution in [1.82, 2.24) is 20.6 Å². The van der Waals surface area contributed by atoms with Crippen LogP contribution in [0.1, 0.15) is 48.9 Å². The van der Waals surface area contributed by atoms with Gasteiger partial charge in [0, 0.05) is 38.3 Å². The van der Waals surface area contributed by atoms with Gasteiger partial charge in [-0.25, -0.2) is 9.97 Å². The Labute approximate surface area is 182 Å². The molecule has 2 aromatic rings. The van der Waals surface area contributed by atoms with Crippen LogP contribution in [0.15, 0.2) is 28.7 Å². The van der Waals surface area contributed by atoms with Crippen LogP contribution in [0.5, 0.6) is 0 Å². The van der Waals surface area contributed by atoms with E-state index in [0.29, 0.717) is 19.0 Å². The van der Waals surface area contributed by atoms with Gasteiger partial charge < -0.3 is 15.5 Å². The number of nitrogens with one attached hydrogen (secondary N) is 2. The smallest absolute Gasteiger partial charge is 0.191 e. The van der Waals surface area contributed by atoms with Gasteiger partial charge in [-0.1, -0.05) is 19.9 Å². The molecule has 0 atom stereocenters. The normalized spacial score (nSPS) is 14.4. The summed E-state index contributed by atoms with van der Waals surface area (Å²) in [5.74, 6) is 2.32. The molecule has 2 N–H and O–H groups in total. The van der Waals surface area contributed by atoms with E-state index >= 15 is 0 Å². The second kappa shape index (κ2) is 10.8. The number of thiazole rings is 1. The molecule has 1 aliphatic heterocycles. The van der Waals surface area contributed by atoms with Crippen molar-refractivity contribution in [3.8, 4) is 0 Å². The highest BCUT2D eigenvalue weighted by Crippen LogP contribution is 2.18.